The van der Waals surface area contributed by atoms with Crippen molar-refractivity contribution in [2.24, 2.45) is 5.16 Å². The lowest BCUT2D eigenvalue weighted by molar-refractivity contribution is -0.297. The molecule has 90 valence electrons. The molecule has 0 bridgehead atoms. The van der Waals surface area contributed by atoms with Gasteiger partial charge in [-0.05, 0) is 28.1 Å². The second-order valence-corrected chi connectivity index (χ2v) is 4.08. The maximum Gasteiger partial charge on any atom is 0.114 e. The van der Waals surface area contributed by atoms with Crippen molar-refractivity contribution in [1.82, 2.24) is 0 Å². The van der Waals surface area contributed by atoms with Crippen LogP contribution in [0.5, 0.6) is 0 Å². The van der Waals surface area contributed by atoms with Crippen molar-refractivity contribution in [1.29, 1.82) is 0 Å². The predicted octanol–water partition coefficient (Wildman–Crippen LogP) is 1.64. The van der Waals surface area contributed by atoms with Gasteiger partial charge >= 0.3 is 0 Å². The predicted molar refractivity (Wildman–Crippen MR) is 67.5 cm³/mol. The normalized spacial score (nSPS) is 16.2. The van der Waals surface area contributed by atoms with Gasteiger partial charge in [0.15, 0.2) is 0 Å². The van der Waals surface area contributed by atoms with Crippen molar-refractivity contribution in [3.63, 3.8) is 0 Å². The molecule has 0 radical (unpaired) electrons. The highest BCUT2D eigenvalue weighted by molar-refractivity contribution is 5.27. The minimum Gasteiger partial charge on any atom is -0.220 e. The van der Waals surface area contributed by atoms with Gasteiger partial charge in [-0.1, -0.05) is 48.5 Å². The molecule has 3 rings (SSSR count). The zero-order chi connectivity index (χ0) is 12.2. The van der Waals surface area contributed by atoms with E-state index in [1.165, 1.54) is 10.4 Å². The molecule has 2 aromatic rings. The van der Waals surface area contributed by atoms with Crippen molar-refractivity contribution >= 4 is 6.08 Å². The van der Waals surface area contributed by atoms with Gasteiger partial charge in [0.2, 0.25) is 0 Å². The van der Waals surface area contributed by atoms with Crippen molar-refractivity contribution in [2.45, 2.75) is 6.42 Å². The summed E-state index contributed by atoms with van der Waals surface area (Å²) in [5.74, 6) is 0. The van der Waals surface area contributed by atoms with Crippen molar-refractivity contribution in [3.05, 3.63) is 69.5 Å². The number of benzene rings is 2. The second-order valence-electron chi connectivity index (χ2n) is 4.08. The maximum absolute atomic E-state index is 4.98. The van der Waals surface area contributed by atoms with Gasteiger partial charge in [0.1, 0.15) is 5.36 Å². The van der Waals surface area contributed by atoms with Crippen molar-refractivity contribution in [2.75, 3.05) is 6.61 Å². The van der Waals surface area contributed by atoms with Crippen LogP contribution in [0.3, 0.4) is 0 Å². The summed E-state index contributed by atoms with van der Waals surface area (Å²) in [7, 11) is 0. The molecule has 18 heavy (non-hydrogen) atoms. The molecule has 2 aromatic carbocycles. The molecule has 0 aliphatic carbocycles. The van der Waals surface area contributed by atoms with Crippen LogP contribution in [-0.2, 0) is 9.88 Å². The Morgan fingerprint density at radius 1 is 0.889 bits per heavy atom. The lowest BCUT2D eigenvalue weighted by atomic mass is 10.1. The van der Waals surface area contributed by atoms with E-state index in [0.717, 1.165) is 17.0 Å². The summed E-state index contributed by atoms with van der Waals surface area (Å²) in [5.41, 5.74) is 0. The topological polar surface area (TPSA) is 30.8 Å². The van der Waals surface area contributed by atoms with E-state index in [1.54, 1.807) is 0 Å². The Balaban J connectivity index is 2.55. The first kappa shape index (κ1) is 11.0. The minimum absolute atomic E-state index is 0.500. The van der Waals surface area contributed by atoms with Crippen LogP contribution in [-0.4, -0.2) is 6.61 Å². The van der Waals surface area contributed by atoms with Crippen LogP contribution in [0.1, 0.15) is 6.42 Å². The number of nitrogens with zero attached hydrogens (tertiary/aromatic N) is 1. The summed E-state index contributed by atoms with van der Waals surface area (Å²) < 4.78 is 0. The standard InChI is InChI=1S/C15H13NO2/c1-2-8-13-12(6-1)7-5-11-17-18-16-15-10-4-3-9-14(13)15/h1-4,6-10H,5,11H2/b12-7?,14-13-,16-15?. The monoisotopic (exact) mass is 239 g/mol. The molecule has 0 fully saturated rings. The smallest absolute Gasteiger partial charge is 0.114 e. The van der Waals surface area contributed by atoms with E-state index in [4.69, 9.17) is 9.88 Å². The first-order valence-corrected chi connectivity index (χ1v) is 5.96. The first-order valence-electron chi connectivity index (χ1n) is 5.96. The molecule has 0 saturated heterocycles. The molecule has 0 aromatic heterocycles. The first-order chi connectivity index (χ1) is 8.95. The largest absolute Gasteiger partial charge is 0.220 e. The molecule has 3 heteroatoms. The lowest BCUT2D eigenvalue weighted by Gasteiger charge is -1.99. The lowest BCUT2D eigenvalue weighted by Crippen LogP contribution is -2.12. The highest BCUT2D eigenvalue weighted by atomic mass is 17.3. The third-order valence-electron chi connectivity index (χ3n) is 2.91. The summed E-state index contributed by atoms with van der Waals surface area (Å²) in [5, 5.41) is 8.21. The molecule has 1 aliphatic heterocycles. The van der Waals surface area contributed by atoms with Crippen LogP contribution in [0.2, 0.25) is 0 Å². The Labute approximate surface area is 104 Å². The van der Waals surface area contributed by atoms with Gasteiger partial charge in [0, 0.05) is 5.22 Å². The molecule has 1 heterocycles. The third kappa shape index (κ3) is 2.13. The minimum atomic E-state index is 0.500. The van der Waals surface area contributed by atoms with E-state index in [0.29, 0.717) is 6.61 Å². The summed E-state index contributed by atoms with van der Waals surface area (Å²) >= 11 is 0. The van der Waals surface area contributed by atoms with Crippen molar-refractivity contribution < 1.29 is 9.88 Å². The zero-order valence-electron chi connectivity index (χ0n) is 9.87. The Morgan fingerprint density at radius 3 is 2.61 bits per heavy atom. The molecule has 0 atom stereocenters. The summed E-state index contributed by atoms with van der Waals surface area (Å²) in [6.07, 6.45) is 2.95. The fourth-order valence-corrected chi connectivity index (χ4v) is 2.07. The van der Waals surface area contributed by atoms with E-state index >= 15 is 0 Å². The molecule has 1 aliphatic rings. The van der Waals surface area contributed by atoms with E-state index in [9.17, 15) is 0 Å². The maximum atomic E-state index is 4.98. The van der Waals surface area contributed by atoms with Crippen LogP contribution in [0.25, 0.3) is 6.08 Å². The molecule has 0 amide bonds. The third-order valence-corrected chi connectivity index (χ3v) is 2.91. The SMILES string of the molecule is C1=c2cccc/c2=c2\ccccc2=NOOCC1. The Kier molecular flexibility index (Phi) is 3.07. The second kappa shape index (κ2) is 5.02. The number of rotatable bonds is 0. The summed E-state index contributed by atoms with van der Waals surface area (Å²) in [6.45, 7) is 0.500. The molecular weight excluding hydrogens is 226 g/mol. The van der Waals surface area contributed by atoms with Gasteiger partial charge in [-0.15, -0.1) is 0 Å². The van der Waals surface area contributed by atoms with E-state index in [2.05, 4.69) is 23.4 Å². The average molecular weight is 239 g/mol. The van der Waals surface area contributed by atoms with Gasteiger partial charge in [-0.3, -0.25) is 0 Å². The van der Waals surface area contributed by atoms with Crippen LogP contribution in [0, 0.1) is 10.4 Å². The fourth-order valence-electron chi connectivity index (χ4n) is 2.07. The number of fused-ring (bicyclic) bond motifs is 2. The average Bonchev–Trinajstić information content (AvgIpc) is 2.44. The van der Waals surface area contributed by atoms with E-state index < -0.39 is 0 Å². The van der Waals surface area contributed by atoms with Gasteiger partial charge in [0.25, 0.3) is 0 Å². The van der Waals surface area contributed by atoms with Gasteiger partial charge in [-0.2, -0.15) is 4.89 Å². The Morgan fingerprint density at radius 2 is 1.67 bits per heavy atom. The molecule has 0 N–H and O–H groups in total. The molecule has 3 nitrogen and oxygen atoms in total. The zero-order valence-corrected chi connectivity index (χ0v) is 9.87. The van der Waals surface area contributed by atoms with Crippen LogP contribution in [0.15, 0.2) is 53.7 Å². The Hall–Kier alpha value is -2.13. The molecule has 0 spiro atoms. The van der Waals surface area contributed by atoms with Crippen molar-refractivity contribution in [3.8, 4) is 0 Å². The fraction of sp³-hybridized carbons (Fsp3) is 0.133. The van der Waals surface area contributed by atoms with Crippen LogP contribution in [0.4, 0.5) is 0 Å². The number of hydrogen-bond acceptors (Lipinski definition) is 3. The van der Waals surface area contributed by atoms with E-state index in [-0.39, 0.29) is 0 Å². The van der Waals surface area contributed by atoms with Crippen LogP contribution >= 0.6 is 0 Å². The summed E-state index contributed by atoms with van der Waals surface area (Å²) in [6, 6.07) is 16.2. The Bertz CT molecular complexity index is 687. The highest BCUT2D eigenvalue weighted by Gasteiger charge is 1.94. The quantitative estimate of drug-likeness (QED) is 0.654. The molecule has 0 unspecified atom stereocenters. The highest BCUT2D eigenvalue weighted by Crippen LogP contribution is 1.94. The van der Waals surface area contributed by atoms with Gasteiger partial charge in [-0.25, -0.2) is 4.99 Å². The number of hydrogen-bond donors (Lipinski definition) is 0. The van der Waals surface area contributed by atoms with Gasteiger partial charge < -0.3 is 0 Å². The van der Waals surface area contributed by atoms with Crippen LogP contribution < -0.4 is 10.6 Å². The summed E-state index contributed by atoms with van der Waals surface area (Å²) in [4.78, 5) is 9.84. The molecule has 0 saturated carbocycles. The van der Waals surface area contributed by atoms with E-state index in [1.807, 2.05) is 36.4 Å². The van der Waals surface area contributed by atoms with Gasteiger partial charge in [0.05, 0.1) is 6.61 Å². The molecular formula is C15H13NO2.